The summed E-state index contributed by atoms with van der Waals surface area (Å²) in [5.41, 5.74) is 7.14. The first-order chi connectivity index (χ1) is 8.59. The Kier molecular flexibility index (Phi) is 4.21. The van der Waals surface area contributed by atoms with Crippen LogP contribution in [-0.4, -0.2) is 21.0 Å². The van der Waals surface area contributed by atoms with E-state index in [0.29, 0.717) is 12.2 Å². The van der Waals surface area contributed by atoms with Gasteiger partial charge in [-0.25, -0.2) is 0 Å². The number of nitrogens with two attached hydrogens (primary N) is 1. The number of aryl methyl sites for hydroxylation is 1. The van der Waals surface area contributed by atoms with Gasteiger partial charge >= 0.3 is 0 Å². The Morgan fingerprint density at radius 2 is 2.11 bits per heavy atom. The highest BCUT2D eigenvalue weighted by Crippen LogP contribution is 2.20. The molecule has 1 aromatic rings. The van der Waals surface area contributed by atoms with Crippen molar-refractivity contribution in [2.75, 3.05) is 11.3 Å². The zero-order valence-electron chi connectivity index (χ0n) is 10.2. The van der Waals surface area contributed by atoms with Crippen LogP contribution < -0.4 is 15.2 Å². The van der Waals surface area contributed by atoms with Crippen molar-refractivity contribution < 1.29 is 8.42 Å². The molecular formula is C12H19N3O2S. The van der Waals surface area contributed by atoms with Gasteiger partial charge in [0, 0.05) is 6.04 Å². The quantitative estimate of drug-likeness (QED) is 0.690. The number of hydrogen-bond donors (Lipinski definition) is 3. The molecule has 1 saturated carbocycles. The van der Waals surface area contributed by atoms with Crippen LogP contribution in [0, 0.1) is 0 Å². The van der Waals surface area contributed by atoms with E-state index in [0.717, 1.165) is 31.2 Å². The predicted molar refractivity (Wildman–Crippen MR) is 72.5 cm³/mol. The summed E-state index contributed by atoms with van der Waals surface area (Å²) < 4.78 is 28.6. The zero-order chi connectivity index (χ0) is 13.0. The predicted octanol–water partition coefficient (Wildman–Crippen LogP) is 0.987. The molecule has 100 valence electrons. The average Bonchev–Trinajstić information content (AvgIpc) is 3.09. The van der Waals surface area contributed by atoms with Gasteiger partial charge in [0.05, 0.1) is 5.69 Å². The zero-order valence-corrected chi connectivity index (χ0v) is 11.0. The molecule has 0 amide bonds. The Labute approximate surface area is 108 Å². The van der Waals surface area contributed by atoms with Crippen LogP contribution in [0.3, 0.4) is 0 Å². The second-order valence-electron chi connectivity index (χ2n) is 4.59. The lowest BCUT2D eigenvalue weighted by Crippen LogP contribution is -2.31. The second-order valence-corrected chi connectivity index (χ2v) is 6.04. The van der Waals surface area contributed by atoms with Crippen molar-refractivity contribution >= 4 is 15.9 Å². The van der Waals surface area contributed by atoms with Crippen LogP contribution in [0.4, 0.5) is 5.69 Å². The second kappa shape index (κ2) is 5.69. The summed E-state index contributed by atoms with van der Waals surface area (Å²) in [5, 5.41) is 0. The monoisotopic (exact) mass is 269 g/mol. The molecule has 2 rings (SSSR count). The van der Waals surface area contributed by atoms with Gasteiger partial charge in [0.25, 0.3) is 10.2 Å². The molecule has 6 heteroatoms. The summed E-state index contributed by atoms with van der Waals surface area (Å²) in [6, 6.07) is 7.53. The van der Waals surface area contributed by atoms with Crippen LogP contribution in [0.5, 0.6) is 0 Å². The summed E-state index contributed by atoms with van der Waals surface area (Å²) in [7, 11) is -3.43. The van der Waals surface area contributed by atoms with Crippen LogP contribution in [0.25, 0.3) is 0 Å². The molecule has 0 radical (unpaired) electrons. The topological polar surface area (TPSA) is 84.2 Å². The van der Waals surface area contributed by atoms with Crippen molar-refractivity contribution in [3.05, 3.63) is 29.8 Å². The van der Waals surface area contributed by atoms with E-state index in [-0.39, 0.29) is 6.04 Å². The molecule has 1 fully saturated rings. The molecule has 0 unspecified atom stereocenters. The lowest BCUT2D eigenvalue weighted by atomic mass is 10.1. The van der Waals surface area contributed by atoms with E-state index in [1.54, 1.807) is 6.07 Å². The maximum Gasteiger partial charge on any atom is 0.299 e. The van der Waals surface area contributed by atoms with E-state index < -0.39 is 10.2 Å². The first-order valence-electron chi connectivity index (χ1n) is 6.18. The lowest BCUT2D eigenvalue weighted by Gasteiger charge is -2.09. The molecule has 0 heterocycles. The van der Waals surface area contributed by atoms with E-state index in [1.165, 1.54) is 0 Å². The van der Waals surface area contributed by atoms with E-state index in [2.05, 4.69) is 9.44 Å². The van der Waals surface area contributed by atoms with E-state index >= 15 is 0 Å². The van der Waals surface area contributed by atoms with Crippen LogP contribution in [-0.2, 0) is 16.6 Å². The van der Waals surface area contributed by atoms with Gasteiger partial charge in [-0.1, -0.05) is 12.1 Å². The molecule has 1 aromatic carbocycles. The van der Waals surface area contributed by atoms with Crippen LogP contribution in [0.1, 0.15) is 24.8 Å². The molecule has 18 heavy (non-hydrogen) atoms. The first-order valence-corrected chi connectivity index (χ1v) is 7.66. The minimum Gasteiger partial charge on any atom is -0.330 e. The Hall–Kier alpha value is -1.11. The lowest BCUT2D eigenvalue weighted by molar-refractivity contribution is 0.586. The molecule has 1 aliphatic rings. The number of nitrogens with one attached hydrogen (secondary N) is 2. The largest absolute Gasteiger partial charge is 0.330 e. The molecule has 5 nitrogen and oxygen atoms in total. The summed E-state index contributed by atoms with van der Waals surface area (Å²) in [5.74, 6) is 0. The van der Waals surface area contributed by atoms with Crippen LogP contribution in [0.15, 0.2) is 24.3 Å². The molecule has 0 saturated heterocycles. The van der Waals surface area contributed by atoms with Gasteiger partial charge in [-0.3, -0.25) is 4.72 Å². The standard InChI is InChI=1S/C12H19N3O2S/c13-8-2-4-10-3-1-5-12(9-10)15-18(16,17)14-11-6-7-11/h1,3,5,9,11,14-15H,2,4,6-8,13H2. The van der Waals surface area contributed by atoms with Crippen molar-refractivity contribution in [2.45, 2.75) is 31.7 Å². The van der Waals surface area contributed by atoms with Crippen molar-refractivity contribution in [3.63, 3.8) is 0 Å². The minimum atomic E-state index is -3.43. The minimum absolute atomic E-state index is 0.114. The van der Waals surface area contributed by atoms with E-state index in [4.69, 9.17) is 5.73 Å². The Bertz CT molecular complexity index is 498. The van der Waals surface area contributed by atoms with Crippen molar-refractivity contribution in [2.24, 2.45) is 5.73 Å². The fourth-order valence-corrected chi connectivity index (χ4v) is 2.87. The molecular weight excluding hydrogens is 250 g/mol. The maximum absolute atomic E-state index is 11.7. The third kappa shape index (κ3) is 4.29. The number of rotatable bonds is 7. The maximum atomic E-state index is 11.7. The summed E-state index contributed by atoms with van der Waals surface area (Å²) in [4.78, 5) is 0. The Morgan fingerprint density at radius 1 is 1.33 bits per heavy atom. The van der Waals surface area contributed by atoms with E-state index in [1.807, 2.05) is 18.2 Å². The molecule has 1 aliphatic carbocycles. The Balaban J connectivity index is 1.99. The number of hydrogen-bond acceptors (Lipinski definition) is 3. The molecule has 0 spiro atoms. The van der Waals surface area contributed by atoms with Crippen molar-refractivity contribution in [1.29, 1.82) is 0 Å². The first kappa shape index (κ1) is 13.3. The fourth-order valence-electron chi connectivity index (χ4n) is 1.70. The third-order valence-electron chi connectivity index (χ3n) is 2.75. The fraction of sp³-hybridized carbons (Fsp3) is 0.500. The van der Waals surface area contributed by atoms with Crippen LogP contribution >= 0.6 is 0 Å². The van der Waals surface area contributed by atoms with Gasteiger partial charge in [-0.2, -0.15) is 13.1 Å². The average molecular weight is 269 g/mol. The highest BCUT2D eigenvalue weighted by Gasteiger charge is 2.26. The molecule has 0 bridgehead atoms. The number of anilines is 1. The highest BCUT2D eigenvalue weighted by atomic mass is 32.2. The smallest absolute Gasteiger partial charge is 0.299 e. The van der Waals surface area contributed by atoms with Crippen molar-refractivity contribution in [1.82, 2.24) is 4.72 Å². The third-order valence-corrected chi connectivity index (χ3v) is 3.90. The molecule has 0 atom stereocenters. The summed E-state index contributed by atoms with van der Waals surface area (Å²) >= 11 is 0. The Morgan fingerprint density at radius 3 is 2.78 bits per heavy atom. The highest BCUT2D eigenvalue weighted by molar-refractivity contribution is 7.90. The SMILES string of the molecule is NCCCc1cccc(NS(=O)(=O)NC2CC2)c1. The van der Waals surface area contributed by atoms with Gasteiger partial charge < -0.3 is 5.73 Å². The molecule has 0 aromatic heterocycles. The number of benzene rings is 1. The van der Waals surface area contributed by atoms with Crippen molar-refractivity contribution in [3.8, 4) is 0 Å². The summed E-state index contributed by atoms with van der Waals surface area (Å²) in [6.45, 7) is 0.638. The van der Waals surface area contributed by atoms with Gasteiger partial charge in [-0.15, -0.1) is 0 Å². The van der Waals surface area contributed by atoms with Gasteiger partial charge in [0.2, 0.25) is 0 Å². The molecule has 4 N–H and O–H groups in total. The van der Waals surface area contributed by atoms with Gasteiger partial charge in [0.1, 0.15) is 0 Å². The van der Waals surface area contributed by atoms with E-state index in [9.17, 15) is 8.42 Å². The molecule has 0 aliphatic heterocycles. The van der Waals surface area contributed by atoms with Crippen LogP contribution in [0.2, 0.25) is 0 Å². The summed E-state index contributed by atoms with van der Waals surface area (Å²) in [6.07, 6.45) is 3.62. The van der Waals surface area contributed by atoms with Gasteiger partial charge in [0.15, 0.2) is 0 Å². The normalized spacial score (nSPS) is 15.6. The van der Waals surface area contributed by atoms with Gasteiger partial charge in [-0.05, 0) is 49.9 Å².